The number of ether oxygens (including phenoxy) is 2. The molecule has 0 fully saturated rings. The van der Waals surface area contributed by atoms with Gasteiger partial charge in [-0.15, -0.1) is 0 Å². The quantitative estimate of drug-likeness (QED) is 0.357. The number of fused-ring (bicyclic) bond motifs is 3. The maximum absolute atomic E-state index is 13.1. The van der Waals surface area contributed by atoms with Crippen molar-refractivity contribution in [2.45, 2.75) is 50.4 Å². The number of aliphatic imine (C=N–C) groups is 2. The smallest absolute Gasteiger partial charge is 0.270 e. The van der Waals surface area contributed by atoms with Crippen molar-refractivity contribution < 1.29 is 23.9 Å². The number of amidine groups is 2. The van der Waals surface area contributed by atoms with Crippen molar-refractivity contribution >= 4 is 46.2 Å². The number of benzene rings is 2. The van der Waals surface area contributed by atoms with E-state index in [1.54, 1.807) is 19.1 Å². The van der Waals surface area contributed by atoms with Crippen molar-refractivity contribution in [3.05, 3.63) is 59.7 Å². The highest BCUT2D eigenvalue weighted by Crippen LogP contribution is 2.36. The first kappa shape index (κ1) is 29.3. The molecule has 2 atom stereocenters. The van der Waals surface area contributed by atoms with Gasteiger partial charge in [-0.1, -0.05) is 43.0 Å². The van der Waals surface area contributed by atoms with Crippen LogP contribution in [0.2, 0.25) is 0 Å². The number of para-hydroxylation sites is 1. The number of carbonyl (C=O) groups is 3. The first-order valence-electron chi connectivity index (χ1n) is 13.4. The number of hydrogen-bond acceptors (Lipinski definition) is 8. The van der Waals surface area contributed by atoms with Crippen molar-refractivity contribution in [2.24, 2.45) is 9.98 Å². The summed E-state index contributed by atoms with van der Waals surface area (Å²) in [5.41, 5.74) is 2.39. The minimum absolute atomic E-state index is 0.0939. The van der Waals surface area contributed by atoms with Gasteiger partial charge in [-0.3, -0.25) is 19.3 Å². The number of nitrogens with zero attached hydrogens (tertiary/aromatic N) is 3. The number of hydrogen-bond donors (Lipinski definition) is 2. The third-order valence-electron chi connectivity index (χ3n) is 6.64. The van der Waals surface area contributed by atoms with Gasteiger partial charge in [0.2, 0.25) is 11.8 Å². The molecule has 0 bridgehead atoms. The van der Waals surface area contributed by atoms with Crippen LogP contribution in [0.5, 0.6) is 5.75 Å². The Morgan fingerprint density at radius 1 is 1.07 bits per heavy atom. The monoisotopic (exact) mass is 565 g/mol. The summed E-state index contributed by atoms with van der Waals surface area (Å²) in [7, 11) is 3.23. The van der Waals surface area contributed by atoms with E-state index in [9.17, 15) is 14.4 Å². The normalized spacial score (nSPS) is 16.4. The lowest BCUT2D eigenvalue weighted by Crippen LogP contribution is -2.45. The highest BCUT2D eigenvalue weighted by atomic mass is 32.2. The minimum atomic E-state index is -0.677. The van der Waals surface area contributed by atoms with Crippen molar-refractivity contribution in [1.29, 1.82) is 0 Å². The van der Waals surface area contributed by atoms with Gasteiger partial charge in [0, 0.05) is 38.8 Å². The molecule has 0 saturated heterocycles. The number of carbonyl (C=O) groups excluding carboxylic acids is 3. The molecule has 212 valence electrons. The molecule has 2 N–H and O–H groups in total. The Morgan fingerprint density at radius 2 is 1.85 bits per heavy atom. The van der Waals surface area contributed by atoms with Crippen molar-refractivity contribution in [2.75, 3.05) is 27.4 Å². The fourth-order valence-corrected chi connectivity index (χ4v) is 5.54. The van der Waals surface area contributed by atoms with Crippen molar-refractivity contribution in [3.8, 4) is 5.75 Å². The average Bonchev–Trinajstić information content (AvgIpc) is 3.32. The van der Waals surface area contributed by atoms with Gasteiger partial charge in [0.05, 0.1) is 18.0 Å². The summed E-state index contributed by atoms with van der Waals surface area (Å²) in [5, 5.41) is 6.00. The molecule has 2 aliphatic heterocycles. The summed E-state index contributed by atoms with van der Waals surface area (Å²) < 4.78 is 10.2. The fourth-order valence-electron chi connectivity index (χ4n) is 4.45. The van der Waals surface area contributed by atoms with E-state index in [1.807, 2.05) is 55.5 Å². The lowest BCUT2D eigenvalue weighted by Gasteiger charge is -2.32. The van der Waals surface area contributed by atoms with Crippen LogP contribution in [-0.2, 0) is 25.7 Å². The SMILES string of the molecule is CCC(SC1=Nc2ccccc2C2=NC(=O)C(CCC(=O)NCc3ccc(OC)cc3)N12)C(=O)NCCCOC. The Kier molecular flexibility index (Phi) is 10.3. The summed E-state index contributed by atoms with van der Waals surface area (Å²) in [6.07, 6.45) is 1.70. The first-order chi connectivity index (χ1) is 19.4. The van der Waals surface area contributed by atoms with E-state index in [1.165, 1.54) is 11.8 Å². The van der Waals surface area contributed by atoms with Gasteiger partial charge in [-0.2, -0.15) is 4.99 Å². The third-order valence-corrected chi connectivity index (χ3v) is 7.97. The van der Waals surface area contributed by atoms with E-state index < -0.39 is 11.3 Å². The topological polar surface area (TPSA) is 122 Å². The molecule has 3 amide bonds. The van der Waals surface area contributed by atoms with Crippen LogP contribution < -0.4 is 15.4 Å². The van der Waals surface area contributed by atoms with Crippen LogP contribution in [0.4, 0.5) is 5.69 Å². The zero-order chi connectivity index (χ0) is 28.5. The Labute approximate surface area is 238 Å². The van der Waals surface area contributed by atoms with Crippen LogP contribution in [0.3, 0.4) is 0 Å². The Hall–Kier alpha value is -3.70. The van der Waals surface area contributed by atoms with E-state index in [-0.39, 0.29) is 30.6 Å². The summed E-state index contributed by atoms with van der Waals surface area (Å²) in [6.45, 7) is 3.40. The molecule has 11 heteroatoms. The van der Waals surface area contributed by atoms with Crippen LogP contribution in [0.25, 0.3) is 0 Å². The highest BCUT2D eigenvalue weighted by Gasteiger charge is 2.42. The summed E-state index contributed by atoms with van der Waals surface area (Å²) >= 11 is 1.32. The standard InChI is InChI=1S/C29H35N5O5S/c1-4-24(28(37)30-16-7-17-38-2)40-29-32-22-9-6-5-8-21(22)26-33-27(36)23(34(26)29)14-15-25(35)31-18-19-10-12-20(39-3)13-11-19/h5-6,8-13,23-24H,4,7,14-18H2,1-3H3,(H,30,37)(H,31,35). The molecule has 2 aromatic rings. The average molecular weight is 566 g/mol. The van der Waals surface area contributed by atoms with Crippen LogP contribution in [0.15, 0.2) is 58.5 Å². The van der Waals surface area contributed by atoms with Gasteiger partial charge in [-0.05, 0) is 49.1 Å². The molecule has 0 saturated carbocycles. The second kappa shape index (κ2) is 14.1. The predicted molar refractivity (Wildman–Crippen MR) is 156 cm³/mol. The van der Waals surface area contributed by atoms with Crippen LogP contribution in [0.1, 0.15) is 43.7 Å². The second-order valence-electron chi connectivity index (χ2n) is 9.39. The van der Waals surface area contributed by atoms with Gasteiger partial charge in [0.1, 0.15) is 17.6 Å². The molecule has 0 aliphatic carbocycles. The van der Waals surface area contributed by atoms with Gasteiger partial charge in [0.15, 0.2) is 5.17 Å². The van der Waals surface area contributed by atoms with Gasteiger partial charge >= 0.3 is 0 Å². The number of rotatable bonds is 13. The second-order valence-corrected chi connectivity index (χ2v) is 10.6. The zero-order valence-corrected chi connectivity index (χ0v) is 23.8. The lowest BCUT2D eigenvalue weighted by molar-refractivity contribution is -0.123. The Balaban J connectivity index is 1.45. The molecule has 0 aromatic heterocycles. The zero-order valence-electron chi connectivity index (χ0n) is 23.0. The maximum atomic E-state index is 13.1. The molecule has 2 heterocycles. The van der Waals surface area contributed by atoms with Gasteiger partial charge in [-0.25, -0.2) is 4.99 Å². The molecule has 2 aliphatic rings. The third kappa shape index (κ3) is 7.08. The molecule has 2 unspecified atom stereocenters. The molecular weight excluding hydrogens is 530 g/mol. The van der Waals surface area contributed by atoms with Crippen LogP contribution >= 0.6 is 11.8 Å². The van der Waals surface area contributed by atoms with Gasteiger partial charge < -0.3 is 20.1 Å². The van der Waals surface area contributed by atoms with Crippen LogP contribution in [-0.4, -0.2) is 72.3 Å². The molecule has 2 aromatic carbocycles. The van der Waals surface area contributed by atoms with Crippen molar-refractivity contribution in [3.63, 3.8) is 0 Å². The molecule has 40 heavy (non-hydrogen) atoms. The Morgan fingerprint density at radius 3 is 2.58 bits per heavy atom. The molecule has 10 nitrogen and oxygen atoms in total. The van der Waals surface area contributed by atoms with E-state index in [0.717, 1.165) is 23.3 Å². The van der Waals surface area contributed by atoms with Crippen LogP contribution in [0, 0.1) is 0 Å². The summed E-state index contributed by atoms with van der Waals surface area (Å²) in [6, 6.07) is 14.3. The van der Waals surface area contributed by atoms with E-state index in [4.69, 9.17) is 14.5 Å². The highest BCUT2D eigenvalue weighted by molar-refractivity contribution is 8.15. The fraction of sp³-hybridized carbons (Fsp3) is 0.414. The van der Waals surface area contributed by atoms with Gasteiger partial charge in [0.25, 0.3) is 5.91 Å². The molecular formula is C29H35N5O5S. The maximum Gasteiger partial charge on any atom is 0.270 e. The van der Waals surface area contributed by atoms with E-state index >= 15 is 0 Å². The molecule has 0 radical (unpaired) electrons. The lowest BCUT2D eigenvalue weighted by atomic mass is 10.1. The first-order valence-corrected chi connectivity index (χ1v) is 14.3. The number of amides is 3. The largest absolute Gasteiger partial charge is 0.497 e. The van der Waals surface area contributed by atoms with E-state index in [2.05, 4.69) is 15.6 Å². The predicted octanol–water partition coefficient (Wildman–Crippen LogP) is 3.41. The summed E-state index contributed by atoms with van der Waals surface area (Å²) in [4.78, 5) is 49.7. The number of nitrogens with one attached hydrogen (secondary N) is 2. The minimum Gasteiger partial charge on any atom is -0.497 e. The molecule has 0 spiro atoms. The van der Waals surface area contributed by atoms with Crippen molar-refractivity contribution in [1.82, 2.24) is 15.5 Å². The Bertz CT molecular complexity index is 1280. The number of methoxy groups -OCH3 is 2. The number of thioether (sulfide) groups is 1. The molecule has 4 rings (SSSR count). The summed E-state index contributed by atoms with van der Waals surface area (Å²) in [5.74, 6) is 0.682. The van der Waals surface area contributed by atoms with E-state index in [0.29, 0.717) is 42.8 Å².